The van der Waals surface area contributed by atoms with E-state index in [1.165, 1.54) is 23.9 Å². The van der Waals surface area contributed by atoms with Gasteiger partial charge in [-0.1, -0.05) is 0 Å². The molecule has 0 radical (unpaired) electrons. The molecule has 0 atom stereocenters. The molecule has 0 aliphatic heterocycles. The molecular weight excluding hydrogens is 443 g/mol. The molecule has 26 heavy (non-hydrogen) atoms. The Morgan fingerprint density at radius 3 is 2.54 bits per heavy atom. The standard InChI is InChI=1S/C16H11N2O5.2CH3.Sn.H/c1-23-13-5-4-9(7-12(13)19)18-8-11(16(21)22)14(20)10-3-2-6-17-15(10)18;;;;/h2-5,7-8,19H,1H3,(H,21,22);2*1H3;;. The van der Waals surface area contributed by atoms with Crippen LogP contribution >= 0.6 is 0 Å². The number of aromatic nitrogens is 2. The Morgan fingerprint density at radius 2 is 1.96 bits per heavy atom. The molecular formula is C18H18N2O5Sn. The van der Waals surface area contributed by atoms with Crippen molar-refractivity contribution in [1.82, 2.24) is 9.55 Å². The van der Waals surface area contributed by atoms with Crippen LogP contribution in [0.5, 0.6) is 11.5 Å². The van der Waals surface area contributed by atoms with Gasteiger partial charge in [-0.25, -0.2) is 0 Å². The minimum absolute atomic E-state index is 0.0899. The molecule has 3 rings (SSSR count). The number of carboxylic acid groups (broad SMARTS) is 1. The Kier molecular flexibility index (Phi) is 4.90. The second kappa shape index (κ2) is 6.99. The predicted molar refractivity (Wildman–Crippen MR) is 101 cm³/mol. The Labute approximate surface area is 156 Å². The van der Waals surface area contributed by atoms with Crippen molar-refractivity contribution in [1.29, 1.82) is 0 Å². The number of aromatic hydroxyl groups is 1. The van der Waals surface area contributed by atoms with Crippen molar-refractivity contribution < 1.29 is 19.7 Å². The number of aromatic carboxylic acids is 1. The SMILES string of the molecule is COc1ccc(-n2cc(C(=O)O)c(=O)c3cc[c]([SnH]([CH3])[CH3])nc32)cc1O. The number of benzene rings is 1. The normalized spacial score (nSPS) is 11.1. The van der Waals surface area contributed by atoms with Crippen molar-refractivity contribution in [2.45, 2.75) is 9.88 Å². The summed E-state index contributed by atoms with van der Waals surface area (Å²) in [5.41, 5.74) is -0.0539. The molecule has 0 bridgehead atoms. The van der Waals surface area contributed by atoms with Crippen LogP contribution in [-0.4, -0.2) is 52.6 Å². The summed E-state index contributed by atoms with van der Waals surface area (Å²) >= 11 is -1.93. The van der Waals surface area contributed by atoms with Crippen LogP contribution < -0.4 is 13.9 Å². The third-order valence-electron chi connectivity index (χ3n) is 4.13. The monoisotopic (exact) mass is 462 g/mol. The maximum absolute atomic E-state index is 12.5. The number of rotatable bonds is 4. The molecule has 1 aromatic carbocycles. The summed E-state index contributed by atoms with van der Waals surface area (Å²) in [6.07, 6.45) is 1.25. The summed E-state index contributed by atoms with van der Waals surface area (Å²) in [6, 6.07) is 8.14. The molecule has 134 valence electrons. The zero-order valence-electron chi connectivity index (χ0n) is 14.6. The van der Waals surface area contributed by atoms with Crippen LogP contribution in [0, 0.1) is 0 Å². The van der Waals surface area contributed by atoms with Crippen molar-refractivity contribution in [2.24, 2.45) is 0 Å². The van der Waals surface area contributed by atoms with Gasteiger partial charge in [0.2, 0.25) is 0 Å². The van der Waals surface area contributed by atoms with Gasteiger partial charge in [-0.2, -0.15) is 0 Å². The summed E-state index contributed by atoms with van der Waals surface area (Å²) in [4.78, 5) is 33.0. The number of nitrogens with zero attached hydrogens (tertiary/aromatic N) is 2. The number of phenols is 1. The number of methoxy groups -OCH3 is 1. The zero-order valence-corrected chi connectivity index (χ0v) is 17.9. The van der Waals surface area contributed by atoms with Crippen molar-refractivity contribution >= 4 is 40.5 Å². The van der Waals surface area contributed by atoms with Crippen LogP contribution in [0.2, 0.25) is 9.88 Å². The van der Waals surface area contributed by atoms with E-state index in [4.69, 9.17) is 4.74 Å². The molecule has 8 heteroatoms. The van der Waals surface area contributed by atoms with E-state index in [9.17, 15) is 19.8 Å². The third kappa shape index (κ3) is 3.14. The number of carbonyl (C=O) groups is 1. The third-order valence-corrected chi connectivity index (χ3v) is 8.43. The molecule has 0 spiro atoms. The van der Waals surface area contributed by atoms with Crippen LogP contribution in [-0.2, 0) is 0 Å². The van der Waals surface area contributed by atoms with Crippen molar-refractivity contribution in [3.63, 3.8) is 0 Å². The fourth-order valence-corrected chi connectivity index (χ4v) is 5.18. The summed E-state index contributed by atoms with van der Waals surface area (Å²) in [7, 11) is 1.44. The molecule has 0 aliphatic carbocycles. The summed E-state index contributed by atoms with van der Waals surface area (Å²) in [5.74, 6) is -1.10. The van der Waals surface area contributed by atoms with Gasteiger partial charge in [0.15, 0.2) is 0 Å². The number of carboxylic acids is 1. The van der Waals surface area contributed by atoms with E-state index < -0.39 is 31.2 Å². The second-order valence-corrected chi connectivity index (χ2v) is 14.4. The topological polar surface area (TPSA) is 102 Å². The Hall–Kier alpha value is -2.55. The van der Waals surface area contributed by atoms with Crippen LogP contribution in [0.3, 0.4) is 0 Å². The number of fused-ring (bicyclic) bond motifs is 1. The number of hydrogen-bond donors (Lipinski definition) is 2. The zero-order chi connectivity index (χ0) is 19.0. The molecule has 0 fully saturated rings. The first-order valence-corrected chi connectivity index (χ1v) is 16.2. The van der Waals surface area contributed by atoms with E-state index >= 15 is 0 Å². The maximum atomic E-state index is 12.5. The van der Waals surface area contributed by atoms with Crippen LogP contribution in [0.25, 0.3) is 16.7 Å². The number of hydrogen-bond acceptors (Lipinski definition) is 5. The predicted octanol–water partition coefficient (Wildman–Crippen LogP) is 1.49. The van der Waals surface area contributed by atoms with E-state index in [0.29, 0.717) is 17.1 Å². The molecule has 0 unspecified atom stereocenters. The molecule has 0 aliphatic rings. The van der Waals surface area contributed by atoms with Gasteiger partial charge in [0.25, 0.3) is 0 Å². The van der Waals surface area contributed by atoms with Crippen molar-refractivity contribution in [3.8, 4) is 17.2 Å². The van der Waals surface area contributed by atoms with Crippen molar-refractivity contribution in [2.75, 3.05) is 7.11 Å². The average Bonchev–Trinajstić information content (AvgIpc) is 2.61. The van der Waals surface area contributed by atoms with Gasteiger partial charge in [0, 0.05) is 0 Å². The molecule has 0 saturated heterocycles. The molecule has 2 heterocycles. The van der Waals surface area contributed by atoms with E-state index in [0.717, 1.165) is 3.71 Å². The quantitative estimate of drug-likeness (QED) is 0.572. The van der Waals surface area contributed by atoms with E-state index in [2.05, 4.69) is 14.9 Å². The van der Waals surface area contributed by atoms with Crippen LogP contribution in [0.1, 0.15) is 10.4 Å². The minimum atomic E-state index is -1.93. The molecule has 2 N–H and O–H groups in total. The van der Waals surface area contributed by atoms with Gasteiger partial charge in [-0.05, 0) is 0 Å². The second-order valence-electron chi connectivity index (χ2n) is 6.17. The molecule has 7 nitrogen and oxygen atoms in total. The van der Waals surface area contributed by atoms with E-state index in [1.807, 2.05) is 6.07 Å². The Morgan fingerprint density at radius 1 is 1.23 bits per heavy atom. The summed E-state index contributed by atoms with van der Waals surface area (Å²) in [6.45, 7) is 0. The molecule has 2 aromatic heterocycles. The Bertz CT molecular complexity index is 1080. The van der Waals surface area contributed by atoms with Crippen molar-refractivity contribution in [3.05, 3.63) is 52.3 Å². The van der Waals surface area contributed by atoms with E-state index in [1.54, 1.807) is 18.2 Å². The van der Waals surface area contributed by atoms with Gasteiger partial charge in [0.05, 0.1) is 0 Å². The van der Waals surface area contributed by atoms with Gasteiger partial charge in [0.1, 0.15) is 0 Å². The van der Waals surface area contributed by atoms with Crippen LogP contribution in [0.15, 0.2) is 41.3 Å². The van der Waals surface area contributed by atoms with Crippen LogP contribution in [0.4, 0.5) is 0 Å². The fourth-order valence-electron chi connectivity index (χ4n) is 2.72. The number of pyridine rings is 2. The molecule has 0 saturated carbocycles. The average molecular weight is 461 g/mol. The Balaban J connectivity index is 2.39. The fraction of sp³-hybridized carbons (Fsp3) is 0.167. The van der Waals surface area contributed by atoms with E-state index in [-0.39, 0.29) is 16.7 Å². The van der Waals surface area contributed by atoms with Gasteiger partial charge in [-0.15, -0.1) is 0 Å². The summed E-state index contributed by atoms with van der Waals surface area (Å²) < 4.78 is 7.55. The first-order chi connectivity index (χ1) is 12.3. The molecule has 3 aromatic rings. The number of ether oxygens (including phenoxy) is 1. The van der Waals surface area contributed by atoms with Gasteiger partial charge < -0.3 is 0 Å². The van der Waals surface area contributed by atoms with Gasteiger partial charge in [-0.3, -0.25) is 0 Å². The molecule has 0 amide bonds. The number of phenolic OH excluding ortho intramolecular Hbond substituents is 1. The van der Waals surface area contributed by atoms with Gasteiger partial charge >= 0.3 is 156 Å². The first-order valence-electron chi connectivity index (χ1n) is 8.00. The first kappa shape index (κ1) is 18.2. The summed E-state index contributed by atoms with van der Waals surface area (Å²) in [5, 5.41) is 19.7.